The van der Waals surface area contributed by atoms with Crippen LogP contribution in [0, 0.1) is 0 Å². The van der Waals surface area contributed by atoms with E-state index >= 15 is 0 Å². The number of H-pyrrole nitrogens is 1. The van der Waals surface area contributed by atoms with Crippen LogP contribution in [0.1, 0.15) is 19.8 Å². The van der Waals surface area contributed by atoms with Crippen LogP contribution in [0.25, 0.3) is 11.0 Å². The van der Waals surface area contributed by atoms with Crippen molar-refractivity contribution in [3.8, 4) is 0 Å². The molecule has 0 atom stereocenters. The second-order valence-electron chi connectivity index (χ2n) is 3.89. The first-order valence-corrected chi connectivity index (χ1v) is 6.36. The number of fused-ring (bicyclic) bond motifs is 1. The van der Waals surface area contributed by atoms with Gasteiger partial charge in [0.05, 0.1) is 13.3 Å². The fourth-order valence-corrected chi connectivity index (χ4v) is 1.46. The van der Waals surface area contributed by atoms with Crippen molar-refractivity contribution in [2.75, 3.05) is 31.3 Å². The molecule has 20 heavy (non-hydrogen) atoms. The van der Waals surface area contributed by atoms with Crippen molar-refractivity contribution in [1.29, 1.82) is 0 Å². The molecule has 0 bridgehead atoms. The Morgan fingerprint density at radius 1 is 1.45 bits per heavy atom. The molecule has 0 saturated carbocycles. The molecule has 2 aromatic heterocycles. The summed E-state index contributed by atoms with van der Waals surface area (Å²) in [6.07, 6.45) is 3.97. The van der Waals surface area contributed by atoms with E-state index < -0.39 is 0 Å². The van der Waals surface area contributed by atoms with E-state index in [1.807, 2.05) is 0 Å². The van der Waals surface area contributed by atoms with Gasteiger partial charge in [-0.2, -0.15) is 10.1 Å². The molecular weight excluding hydrogens is 260 g/mol. The number of rotatable bonds is 6. The van der Waals surface area contributed by atoms with E-state index in [4.69, 9.17) is 4.79 Å². The number of ether oxygens (including phenoxy) is 1. The first kappa shape index (κ1) is 15.7. The molecule has 0 spiro atoms. The van der Waals surface area contributed by atoms with Gasteiger partial charge in [-0.15, -0.1) is 0 Å². The summed E-state index contributed by atoms with van der Waals surface area (Å²) in [6, 6.07) is 0. The molecule has 0 aliphatic rings. The minimum absolute atomic E-state index is 0.375. The van der Waals surface area contributed by atoms with E-state index in [0.29, 0.717) is 12.4 Å². The molecule has 2 heterocycles. The molecule has 2 aromatic rings. The number of aromatic nitrogens is 4. The van der Waals surface area contributed by atoms with Crippen LogP contribution in [0.15, 0.2) is 6.20 Å². The molecule has 110 valence electrons. The number of unbranched alkanes of at least 4 members (excludes halogenated alkanes) is 1. The molecule has 0 aliphatic carbocycles. The van der Waals surface area contributed by atoms with Gasteiger partial charge in [-0.3, -0.25) is 9.89 Å². The van der Waals surface area contributed by atoms with Crippen molar-refractivity contribution in [2.45, 2.75) is 19.8 Å². The van der Waals surface area contributed by atoms with Crippen LogP contribution in [0.4, 0.5) is 11.8 Å². The van der Waals surface area contributed by atoms with E-state index in [-0.39, 0.29) is 0 Å². The van der Waals surface area contributed by atoms with Gasteiger partial charge in [-0.05, 0) is 6.42 Å². The topological polar surface area (TPSA) is 105 Å². The third-order valence-corrected chi connectivity index (χ3v) is 2.44. The van der Waals surface area contributed by atoms with Gasteiger partial charge in [0.2, 0.25) is 5.95 Å². The fourth-order valence-electron chi connectivity index (χ4n) is 1.46. The van der Waals surface area contributed by atoms with E-state index in [9.17, 15) is 0 Å². The number of anilines is 2. The van der Waals surface area contributed by atoms with Crippen LogP contribution >= 0.6 is 0 Å². The Hall–Kier alpha value is -2.38. The van der Waals surface area contributed by atoms with Gasteiger partial charge in [0.1, 0.15) is 11.0 Å². The summed E-state index contributed by atoms with van der Waals surface area (Å²) in [5.41, 5.74) is 1.67. The SMILES string of the molecule is CCCCNc1nc(NC)nc2cn[nH]c12.COC=O. The minimum Gasteiger partial charge on any atom is -0.471 e. The largest absolute Gasteiger partial charge is 0.471 e. The van der Waals surface area contributed by atoms with E-state index in [1.54, 1.807) is 13.2 Å². The monoisotopic (exact) mass is 280 g/mol. The minimum atomic E-state index is 0.375. The number of methoxy groups -OCH3 is 1. The Balaban J connectivity index is 0.000000444. The van der Waals surface area contributed by atoms with Gasteiger partial charge in [0, 0.05) is 13.6 Å². The molecule has 8 heteroatoms. The van der Waals surface area contributed by atoms with Crippen molar-refractivity contribution >= 4 is 29.3 Å². The molecule has 0 unspecified atom stereocenters. The van der Waals surface area contributed by atoms with Gasteiger partial charge in [0.25, 0.3) is 6.47 Å². The Bertz CT molecular complexity index is 528. The average Bonchev–Trinajstić information content (AvgIpc) is 2.96. The summed E-state index contributed by atoms with van der Waals surface area (Å²) < 4.78 is 3.86. The van der Waals surface area contributed by atoms with Gasteiger partial charge in [0.15, 0.2) is 5.82 Å². The maximum Gasteiger partial charge on any atom is 0.292 e. The number of hydrogen-bond acceptors (Lipinski definition) is 7. The summed E-state index contributed by atoms with van der Waals surface area (Å²) in [6.45, 7) is 3.44. The lowest BCUT2D eigenvalue weighted by molar-refractivity contribution is -0.126. The first-order chi connectivity index (χ1) is 9.76. The van der Waals surface area contributed by atoms with Gasteiger partial charge in [-0.1, -0.05) is 13.3 Å². The van der Waals surface area contributed by atoms with E-state index in [2.05, 4.69) is 42.5 Å². The Morgan fingerprint density at radius 2 is 2.20 bits per heavy atom. The molecule has 0 aliphatic heterocycles. The second-order valence-corrected chi connectivity index (χ2v) is 3.89. The summed E-state index contributed by atoms with van der Waals surface area (Å²) in [7, 11) is 3.12. The van der Waals surface area contributed by atoms with Crippen molar-refractivity contribution in [3.63, 3.8) is 0 Å². The third kappa shape index (κ3) is 4.38. The summed E-state index contributed by atoms with van der Waals surface area (Å²) in [5.74, 6) is 1.41. The highest BCUT2D eigenvalue weighted by molar-refractivity contribution is 5.85. The third-order valence-electron chi connectivity index (χ3n) is 2.44. The van der Waals surface area contributed by atoms with Crippen molar-refractivity contribution in [3.05, 3.63) is 6.20 Å². The van der Waals surface area contributed by atoms with Crippen LogP contribution in [-0.2, 0) is 9.53 Å². The number of carbonyl (C=O) groups is 1. The summed E-state index contributed by atoms with van der Waals surface area (Å²) >= 11 is 0. The quantitative estimate of drug-likeness (QED) is 0.542. The number of carbonyl (C=O) groups excluding carboxylic acids is 1. The van der Waals surface area contributed by atoms with Crippen molar-refractivity contribution in [2.24, 2.45) is 0 Å². The lowest BCUT2D eigenvalue weighted by atomic mass is 10.3. The summed E-state index contributed by atoms with van der Waals surface area (Å²) in [5, 5.41) is 13.1. The molecule has 0 radical (unpaired) electrons. The predicted octanol–water partition coefficient (Wildman–Crippen LogP) is 1.40. The molecule has 0 saturated heterocycles. The second kappa shape index (κ2) is 8.68. The van der Waals surface area contributed by atoms with Gasteiger partial charge >= 0.3 is 0 Å². The number of hydrogen-bond donors (Lipinski definition) is 3. The lowest BCUT2D eigenvalue weighted by Gasteiger charge is -2.07. The number of nitrogens with one attached hydrogen (secondary N) is 3. The first-order valence-electron chi connectivity index (χ1n) is 6.36. The normalized spacial score (nSPS) is 9.55. The van der Waals surface area contributed by atoms with E-state index in [0.717, 1.165) is 36.2 Å². The Kier molecular flexibility index (Phi) is 6.80. The van der Waals surface area contributed by atoms with E-state index in [1.165, 1.54) is 7.11 Å². The Morgan fingerprint density at radius 3 is 2.80 bits per heavy atom. The standard InChI is InChI=1S/C10H16N6.C2H4O2/c1-3-4-5-12-9-8-7(6-13-16-8)14-10(11-2)15-9;1-4-2-3/h6H,3-5H2,1-2H3,(H,13,16)(H2,11,12,14,15);2H,1H3. The van der Waals surface area contributed by atoms with Crippen molar-refractivity contribution < 1.29 is 9.53 Å². The highest BCUT2D eigenvalue weighted by Gasteiger charge is 2.07. The molecule has 0 fully saturated rings. The molecular formula is C12H20N6O2. The van der Waals surface area contributed by atoms with Gasteiger partial charge in [-0.25, -0.2) is 4.98 Å². The zero-order valence-corrected chi connectivity index (χ0v) is 11.9. The predicted molar refractivity (Wildman–Crippen MR) is 77.7 cm³/mol. The van der Waals surface area contributed by atoms with Crippen LogP contribution in [0.3, 0.4) is 0 Å². The van der Waals surface area contributed by atoms with Gasteiger partial charge < -0.3 is 15.4 Å². The summed E-state index contributed by atoms with van der Waals surface area (Å²) in [4.78, 5) is 17.6. The number of nitrogens with zero attached hydrogens (tertiary/aromatic N) is 3. The molecule has 0 amide bonds. The smallest absolute Gasteiger partial charge is 0.292 e. The average molecular weight is 280 g/mol. The van der Waals surface area contributed by atoms with Crippen LogP contribution in [-0.4, -0.2) is 47.3 Å². The molecule has 3 N–H and O–H groups in total. The molecule has 0 aromatic carbocycles. The van der Waals surface area contributed by atoms with Crippen LogP contribution in [0.2, 0.25) is 0 Å². The highest BCUT2D eigenvalue weighted by Crippen LogP contribution is 2.18. The fraction of sp³-hybridized carbons (Fsp3) is 0.500. The highest BCUT2D eigenvalue weighted by atomic mass is 16.5. The molecule has 2 rings (SSSR count). The molecule has 8 nitrogen and oxygen atoms in total. The maximum absolute atomic E-state index is 8.95. The zero-order chi connectivity index (χ0) is 14.8. The van der Waals surface area contributed by atoms with Crippen LogP contribution < -0.4 is 10.6 Å². The lowest BCUT2D eigenvalue weighted by Crippen LogP contribution is -2.06. The Labute approximate surface area is 117 Å². The number of aromatic amines is 1. The zero-order valence-electron chi connectivity index (χ0n) is 11.9. The maximum atomic E-state index is 8.95. The van der Waals surface area contributed by atoms with Crippen LogP contribution in [0.5, 0.6) is 0 Å². The van der Waals surface area contributed by atoms with Crippen molar-refractivity contribution in [1.82, 2.24) is 20.2 Å².